The number of fused-ring (bicyclic) bond motifs is 1. The first-order valence-corrected chi connectivity index (χ1v) is 7.59. The summed E-state index contributed by atoms with van der Waals surface area (Å²) in [4.78, 5) is 25.3. The summed E-state index contributed by atoms with van der Waals surface area (Å²) in [6.45, 7) is 9.09. The summed E-state index contributed by atoms with van der Waals surface area (Å²) in [5.41, 5.74) is 1.73. The van der Waals surface area contributed by atoms with Crippen LogP contribution in [0.3, 0.4) is 0 Å². The van der Waals surface area contributed by atoms with Gasteiger partial charge in [-0.25, -0.2) is 4.79 Å². The highest BCUT2D eigenvalue weighted by Gasteiger charge is 2.26. The first-order valence-electron chi connectivity index (χ1n) is 7.59. The van der Waals surface area contributed by atoms with Gasteiger partial charge in [0.1, 0.15) is 12.1 Å². The van der Waals surface area contributed by atoms with Gasteiger partial charge >= 0.3 is 12.1 Å². The molecule has 0 saturated heterocycles. The Morgan fingerprint density at radius 2 is 1.91 bits per heavy atom. The zero-order valence-electron chi connectivity index (χ0n) is 13.7. The van der Waals surface area contributed by atoms with Crippen molar-refractivity contribution in [2.45, 2.75) is 52.8 Å². The maximum Gasteiger partial charge on any atom is 0.410 e. The molecule has 0 spiro atoms. The number of rotatable bonds is 3. The Bertz CT molecular complexity index is 557. The number of nitrogens with zero attached hydrogens (tertiary/aromatic N) is 2. The van der Waals surface area contributed by atoms with Crippen molar-refractivity contribution in [2.24, 2.45) is 0 Å². The summed E-state index contributed by atoms with van der Waals surface area (Å²) in [5.74, 6) is -0.251. The molecule has 0 bridgehead atoms. The fourth-order valence-electron chi connectivity index (χ4n) is 2.44. The van der Waals surface area contributed by atoms with Gasteiger partial charge in [-0.2, -0.15) is 0 Å². The van der Waals surface area contributed by atoms with Crippen molar-refractivity contribution in [3.8, 4) is 0 Å². The second-order valence-corrected chi connectivity index (χ2v) is 6.44. The SMILES string of the molecule is CCOC(=O)Cn1cc2c(c1)CN(C(=O)OC(C)(C)C)CC2. The molecule has 2 heterocycles. The number of carbonyl (C=O) groups excluding carboxylic acids is 2. The third kappa shape index (κ3) is 4.26. The summed E-state index contributed by atoms with van der Waals surface area (Å²) in [6.07, 6.45) is 4.34. The molecule has 6 heteroatoms. The third-order valence-electron chi connectivity index (χ3n) is 3.34. The van der Waals surface area contributed by atoms with E-state index in [1.165, 1.54) is 5.56 Å². The van der Waals surface area contributed by atoms with Gasteiger partial charge in [0.2, 0.25) is 0 Å². The lowest BCUT2D eigenvalue weighted by Gasteiger charge is -2.29. The Hall–Kier alpha value is -1.98. The van der Waals surface area contributed by atoms with E-state index in [1.807, 2.05) is 37.7 Å². The Labute approximate surface area is 131 Å². The highest BCUT2D eigenvalue weighted by atomic mass is 16.6. The lowest BCUT2D eigenvalue weighted by atomic mass is 10.1. The van der Waals surface area contributed by atoms with E-state index >= 15 is 0 Å². The van der Waals surface area contributed by atoms with Crippen molar-refractivity contribution in [3.63, 3.8) is 0 Å². The number of hydrogen-bond donors (Lipinski definition) is 0. The molecule has 1 aliphatic heterocycles. The molecule has 6 nitrogen and oxygen atoms in total. The smallest absolute Gasteiger partial charge is 0.410 e. The van der Waals surface area contributed by atoms with Gasteiger partial charge in [0.25, 0.3) is 0 Å². The van der Waals surface area contributed by atoms with Crippen molar-refractivity contribution >= 4 is 12.1 Å². The van der Waals surface area contributed by atoms with E-state index in [2.05, 4.69) is 0 Å². The molecule has 1 aromatic heterocycles. The molecule has 0 N–H and O–H groups in total. The van der Waals surface area contributed by atoms with Gasteiger partial charge in [-0.1, -0.05) is 0 Å². The van der Waals surface area contributed by atoms with Crippen LogP contribution in [-0.4, -0.2) is 40.3 Å². The number of esters is 1. The normalized spacial score (nSPS) is 14.5. The van der Waals surface area contributed by atoms with E-state index in [1.54, 1.807) is 11.8 Å². The average Bonchev–Trinajstić information content (AvgIpc) is 2.77. The molecule has 1 amide bonds. The van der Waals surface area contributed by atoms with Gasteiger partial charge in [0.15, 0.2) is 0 Å². The average molecular weight is 308 g/mol. The van der Waals surface area contributed by atoms with Crippen LogP contribution in [0.5, 0.6) is 0 Å². The van der Waals surface area contributed by atoms with E-state index < -0.39 is 5.60 Å². The summed E-state index contributed by atoms with van der Waals surface area (Å²) in [6, 6.07) is 0. The first-order chi connectivity index (χ1) is 10.3. The Balaban J connectivity index is 2.00. The van der Waals surface area contributed by atoms with Gasteiger partial charge in [0.05, 0.1) is 13.2 Å². The Morgan fingerprint density at radius 3 is 2.55 bits per heavy atom. The molecule has 0 atom stereocenters. The zero-order chi connectivity index (χ0) is 16.3. The maximum absolute atomic E-state index is 12.1. The fourth-order valence-corrected chi connectivity index (χ4v) is 2.44. The predicted octanol–water partition coefficient (Wildman–Crippen LogP) is 2.34. The minimum atomic E-state index is -0.493. The highest BCUT2D eigenvalue weighted by molar-refractivity contribution is 5.70. The van der Waals surface area contributed by atoms with Gasteiger partial charge in [-0.3, -0.25) is 4.79 Å². The quantitative estimate of drug-likeness (QED) is 0.804. The molecule has 0 unspecified atom stereocenters. The minimum Gasteiger partial charge on any atom is -0.465 e. The highest BCUT2D eigenvalue weighted by Crippen LogP contribution is 2.22. The number of amides is 1. The Morgan fingerprint density at radius 1 is 1.23 bits per heavy atom. The van der Waals surface area contributed by atoms with Gasteiger partial charge in [-0.15, -0.1) is 0 Å². The molecule has 122 valence electrons. The fraction of sp³-hybridized carbons (Fsp3) is 0.625. The maximum atomic E-state index is 12.1. The van der Waals surface area contributed by atoms with Crippen molar-refractivity contribution in [3.05, 3.63) is 23.5 Å². The van der Waals surface area contributed by atoms with Crippen molar-refractivity contribution in [2.75, 3.05) is 13.2 Å². The molecule has 0 radical (unpaired) electrons. The number of carbonyl (C=O) groups is 2. The van der Waals surface area contributed by atoms with Crippen molar-refractivity contribution in [1.82, 2.24) is 9.47 Å². The second-order valence-electron chi connectivity index (χ2n) is 6.44. The molecule has 0 saturated carbocycles. The van der Waals surface area contributed by atoms with Crippen LogP contribution in [-0.2, 0) is 33.8 Å². The molecular weight excluding hydrogens is 284 g/mol. The van der Waals surface area contributed by atoms with Crippen LogP contribution in [0.2, 0.25) is 0 Å². The largest absolute Gasteiger partial charge is 0.465 e. The minimum absolute atomic E-state index is 0.202. The van der Waals surface area contributed by atoms with Crippen LogP contribution in [0, 0.1) is 0 Å². The second kappa shape index (κ2) is 6.42. The topological polar surface area (TPSA) is 60.8 Å². The van der Waals surface area contributed by atoms with E-state index in [0.717, 1.165) is 12.0 Å². The third-order valence-corrected chi connectivity index (χ3v) is 3.34. The molecule has 1 aromatic rings. The van der Waals surface area contributed by atoms with Gasteiger partial charge in [0, 0.05) is 18.9 Å². The van der Waals surface area contributed by atoms with Gasteiger partial charge in [-0.05, 0) is 45.2 Å². The van der Waals surface area contributed by atoms with Crippen molar-refractivity contribution < 1.29 is 19.1 Å². The van der Waals surface area contributed by atoms with Crippen LogP contribution in [0.4, 0.5) is 4.79 Å². The summed E-state index contributed by atoms with van der Waals surface area (Å²) in [5, 5.41) is 0. The molecule has 1 aliphatic rings. The van der Waals surface area contributed by atoms with Crippen molar-refractivity contribution in [1.29, 1.82) is 0 Å². The van der Waals surface area contributed by atoms with Crippen LogP contribution in [0.25, 0.3) is 0 Å². The molecule has 0 fully saturated rings. The molecule has 22 heavy (non-hydrogen) atoms. The van der Waals surface area contributed by atoms with Gasteiger partial charge < -0.3 is 18.9 Å². The van der Waals surface area contributed by atoms with Crippen LogP contribution >= 0.6 is 0 Å². The zero-order valence-corrected chi connectivity index (χ0v) is 13.7. The molecule has 0 aromatic carbocycles. The summed E-state index contributed by atoms with van der Waals surface area (Å²) < 4.78 is 12.2. The summed E-state index contributed by atoms with van der Waals surface area (Å²) in [7, 11) is 0. The Kier molecular flexibility index (Phi) is 4.78. The monoisotopic (exact) mass is 308 g/mol. The van der Waals surface area contributed by atoms with E-state index in [-0.39, 0.29) is 18.6 Å². The van der Waals surface area contributed by atoms with Crippen LogP contribution in [0.1, 0.15) is 38.8 Å². The molecule has 0 aliphatic carbocycles. The van der Waals surface area contributed by atoms with E-state index in [9.17, 15) is 9.59 Å². The van der Waals surface area contributed by atoms with E-state index in [0.29, 0.717) is 19.7 Å². The van der Waals surface area contributed by atoms with E-state index in [4.69, 9.17) is 9.47 Å². The van der Waals surface area contributed by atoms with Crippen LogP contribution in [0.15, 0.2) is 12.4 Å². The van der Waals surface area contributed by atoms with Crippen LogP contribution < -0.4 is 0 Å². The lowest BCUT2D eigenvalue weighted by Crippen LogP contribution is -2.39. The number of ether oxygens (including phenoxy) is 2. The first kappa shape index (κ1) is 16.4. The predicted molar refractivity (Wildman–Crippen MR) is 81.4 cm³/mol. The number of aromatic nitrogens is 1. The molecule has 2 rings (SSSR count). The molecular formula is C16H24N2O4. The summed E-state index contributed by atoms with van der Waals surface area (Å²) >= 11 is 0. The number of hydrogen-bond acceptors (Lipinski definition) is 4. The lowest BCUT2D eigenvalue weighted by molar-refractivity contribution is -0.143. The standard InChI is InChI=1S/C16H24N2O4/c1-5-21-14(19)11-17-8-12-6-7-18(10-13(12)9-17)15(20)22-16(2,3)4/h8-9H,5-7,10-11H2,1-4H3.